The molecule has 1 amide bonds. The van der Waals surface area contributed by atoms with E-state index in [0.29, 0.717) is 13.0 Å². The van der Waals surface area contributed by atoms with E-state index >= 15 is 0 Å². The van der Waals surface area contributed by atoms with Crippen molar-refractivity contribution in [2.75, 3.05) is 38.6 Å². The van der Waals surface area contributed by atoms with Crippen LogP contribution in [0.4, 0.5) is 10.1 Å². The molecule has 1 heterocycles. The Morgan fingerprint density at radius 1 is 0.969 bits per heavy atom. The minimum Gasteiger partial charge on any atom is -0.372 e. The first kappa shape index (κ1) is 24.2. The van der Waals surface area contributed by atoms with Crippen molar-refractivity contribution in [2.45, 2.75) is 43.5 Å². The van der Waals surface area contributed by atoms with Gasteiger partial charge in [-0.1, -0.05) is 12.1 Å². The lowest BCUT2D eigenvalue weighted by Gasteiger charge is -2.29. The predicted octanol–water partition coefficient (Wildman–Crippen LogP) is 3.88. The average Bonchev–Trinajstić information content (AvgIpc) is 2.80. The summed E-state index contributed by atoms with van der Waals surface area (Å²) in [5, 5.41) is 0. The van der Waals surface area contributed by atoms with E-state index in [-0.39, 0.29) is 23.8 Å². The van der Waals surface area contributed by atoms with Crippen molar-refractivity contribution in [3.63, 3.8) is 0 Å². The van der Waals surface area contributed by atoms with Gasteiger partial charge in [0.2, 0.25) is 15.9 Å². The third-order valence-electron chi connectivity index (χ3n) is 5.89. The maximum atomic E-state index is 13.1. The fourth-order valence-corrected chi connectivity index (χ4v) is 5.09. The number of anilines is 1. The van der Waals surface area contributed by atoms with Gasteiger partial charge in [0.15, 0.2) is 0 Å². The van der Waals surface area contributed by atoms with Crippen molar-refractivity contribution in [1.82, 2.24) is 9.21 Å². The molecule has 1 aliphatic rings. The van der Waals surface area contributed by atoms with Crippen molar-refractivity contribution < 1.29 is 17.6 Å². The van der Waals surface area contributed by atoms with Crippen LogP contribution >= 0.6 is 0 Å². The minimum absolute atomic E-state index is 0.0299. The Bertz CT molecular complexity index is 988. The van der Waals surface area contributed by atoms with Gasteiger partial charge in [0, 0.05) is 52.4 Å². The Balaban J connectivity index is 1.45. The summed E-state index contributed by atoms with van der Waals surface area (Å²) in [5.74, 6) is -0.515. The van der Waals surface area contributed by atoms with Crippen LogP contribution in [0.5, 0.6) is 0 Å². The fraction of sp³-hybridized carbons (Fsp3) is 0.458. The number of halogens is 1. The highest BCUT2D eigenvalue weighted by molar-refractivity contribution is 7.89. The number of piperidine rings is 1. The van der Waals surface area contributed by atoms with Gasteiger partial charge in [0.1, 0.15) is 5.82 Å². The Morgan fingerprint density at radius 2 is 1.59 bits per heavy atom. The molecule has 0 aliphatic carbocycles. The monoisotopic (exact) mass is 461 g/mol. The van der Waals surface area contributed by atoms with Gasteiger partial charge < -0.3 is 9.80 Å². The molecule has 0 spiro atoms. The van der Waals surface area contributed by atoms with Crippen LogP contribution in [0.25, 0.3) is 0 Å². The van der Waals surface area contributed by atoms with E-state index < -0.39 is 15.8 Å². The molecular weight excluding hydrogens is 429 g/mol. The summed E-state index contributed by atoms with van der Waals surface area (Å²) in [6.45, 7) is 2.93. The summed E-state index contributed by atoms with van der Waals surface area (Å²) in [6, 6.07) is 13.1. The molecule has 0 bridgehead atoms. The Labute approximate surface area is 190 Å². The Morgan fingerprint density at radius 3 is 2.22 bits per heavy atom. The molecule has 8 heteroatoms. The van der Waals surface area contributed by atoms with E-state index in [1.54, 1.807) is 11.9 Å². The number of rotatable bonds is 9. The van der Waals surface area contributed by atoms with E-state index in [1.165, 1.54) is 48.4 Å². The number of carbonyl (C=O) groups excluding carboxylic acids is 1. The number of nitrogens with zero attached hydrogens (tertiary/aromatic N) is 3. The Hall–Kier alpha value is -2.45. The standard InChI is InChI=1S/C24H32FN3O3S/c1-26(19-20-8-12-22(13-9-20)28-17-4-3-5-18-28)24(29)7-6-16-27(2)32(30,31)23-14-10-21(25)11-15-23/h8-15H,3-7,16-19H2,1-2H3. The lowest BCUT2D eigenvalue weighted by Crippen LogP contribution is -2.30. The molecule has 0 N–H and O–H groups in total. The molecule has 2 aromatic rings. The maximum absolute atomic E-state index is 13.1. The van der Waals surface area contributed by atoms with E-state index in [9.17, 15) is 17.6 Å². The van der Waals surface area contributed by atoms with Crippen molar-refractivity contribution in [2.24, 2.45) is 0 Å². The van der Waals surface area contributed by atoms with Crippen LogP contribution in [0, 0.1) is 5.82 Å². The zero-order valence-corrected chi connectivity index (χ0v) is 19.7. The molecule has 174 valence electrons. The SMILES string of the molecule is CN(Cc1ccc(N2CCCCC2)cc1)C(=O)CCCN(C)S(=O)(=O)c1ccc(F)cc1. The molecule has 0 atom stereocenters. The highest BCUT2D eigenvalue weighted by Crippen LogP contribution is 2.21. The number of hydrogen-bond donors (Lipinski definition) is 0. The molecule has 3 rings (SSSR count). The van der Waals surface area contributed by atoms with Crippen LogP contribution in [0.15, 0.2) is 53.4 Å². The topological polar surface area (TPSA) is 60.9 Å². The molecule has 0 radical (unpaired) electrons. The van der Waals surface area contributed by atoms with Gasteiger partial charge in [0.05, 0.1) is 4.90 Å². The van der Waals surface area contributed by atoms with Crippen molar-refractivity contribution in [3.05, 3.63) is 59.9 Å². The van der Waals surface area contributed by atoms with Gasteiger partial charge >= 0.3 is 0 Å². The number of amides is 1. The Kier molecular flexibility index (Phi) is 8.26. The molecular formula is C24H32FN3O3S. The highest BCUT2D eigenvalue weighted by Gasteiger charge is 2.21. The number of benzene rings is 2. The number of hydrogen-bond acceptors (Lipinski definition) is 4. The summed E-state index contributed by atoms with van der Waals surface area (Å²) in [4.78, 5) is 16.6. The average molecular weight is 462 g/mol. The van der Waals surface area contributed by atoms with Gasteiger partial charge in [0.25, 0.3) is 0 Å². The summed E-state index contributed by atoms with van der Waals surface area (Å²) in [6.07, 6.45) is 4.44. The molecule has 0 unspecified atom stereocenters. The number of carbonyl (C=O) groups is 1. The molecule has 0 saturated carbocycles. The maximum Gasteiger partial charge on any atom is 0.242 e. The van der Waals surface area contributed by atoms with Gasteiger partial charge in [-0.05, 0) is 67.6 Å². The summed E-state index contributed by atoms with van der Waals surface area (Å²) in [5.41, 5.74) is 2.30. The summed E-state index contributed by atoms with van der Waals surface area (Å²) in [7, 11) is -0.465. The van der Waals surface area contributed by atoms with Crippen molar-refractivity contribution in [3.8, 4) is 0 Å². The van der Waals surface area contributed by atoms with Crippen LogP contribution in [0.3, 0.4) is 0 Å². The van der Waals surface area contributed by atoms with E-state index in [4.69, 9.17) is 0 Å². The van der Waals surface area contributed by atoms with E-state index in [0.717, 1.165) is 30.8 Å². The van der Waals surface area contributed by atoms with E-state index in [1.807, 2.05) is 0 Å². The van der Waals surface area contributed by atoms with Crippen LogP contribution in [0.1, 0.15) is 37.7 Å². The summed E-state index contributed by atoms with van der Waals surface area (Å²) >= 11 is 0. The van der Waals surface area contributed by atoms with Gasteiger partial charge in [-0.2, -0.15) is 0 Å². The van der Waals surface area contributed by atoms with Crippen LogP contribution in [-0.4, -0.2) is 57.3 Å². The highest BCUT2D eigenvalue weighted by atomic mass is 32.2. The molecule has 1 fully saturated rings. The zero-order chi connectivity index (χ0) is 23.1. The molecule has 2 aromatic carbocycles. The quantitative estimate of drug-likeness (QED) is 0.569. The van der Waals surface area contributed by atoms with Crippen LogP contribution in [0.2, 0.25) is 0 Å². The predicted molar refractivity (Wildman–Crippen MR) is 124 cm³/mol. The normalized spacial score (nSPS) is 14.6. The smallest absolute Gasteiger partial charge is 0.242 e. The second-order valence-corrected chi connectivity index (χ2v) is 10.4. The minimum atomic E-state index is -3.70. The first-order chi connectivity index (χ1) is 15.3. The van der Waals surface area contributed by atoms with Gasteiger partial charge in [-0.25, -0.2) is 17.1 Å². The summed E-state index contributed by atoms with van der Waals surface area (Å²) < 4.78 is 39.3. The molecule has 6 nitrogen and oxygen atoms in total. The molecule has 0 aromatic heterocycles. The lowest BCUT2D eigenvalue weighted by atomic mass is 10.1. The van der Waals surface area contributed by atoms with Gasteiger partial charge in [-0.3, -0.25) is 4.79 Å². The van der Waals surface area contributed by atoms with Gasteiger partial charge in [-0.15, -0.1) is 0 Å². The first-order valence-corrected chi connectivity index (χ1v) is 12.5. The van der Waals surface area contributed by atoms with Crippen molar-refractivity contribution >= 4 is 21.6 Å². The largest absolute Gasteiger partial charge is 0.372 e. The molecule has 32 heavy (non-hydrogen) atoms. The third kappa shape index (κ3) is 6.29. The lowest BCUT2D eigenvalue weighted by molar-refractivity contribution is -0.130. The third-order valence-corrected chi connectivity index (χ3v) is 7.76. The fourth-order valence-electron chi connectivity index (χ4n) is 3.88. The van der Waals surface area contributed by atoms with E-state index in [2.05, 4.69) is 29.2 Å². The first-order valence-electron chi connectivity index (χ1n) is 11.1. The van der Waals surface area contributed by atoms with Crippen LogP contribution in [-0.2, 0) is 21.4 Å². The second-order valence-electron chi connectivity index (χ2n) is 8.35. The number of sulfonamides is 1. The van der Waals surface area contributed by atoms with Crippen molar-refractivity contribution in [1.29, 1.82) is 0 Å². The van der Waals surface area contributed by atoms with Crippen LogP contribution < -0.4 is 4.90 Å². The zero-order valence-electron chi connectivity index (χ0n) is 18.8. The second kappa shape index (κ2) is 10.9. The molecule has 1 saturated heterocycles. The molecule has 1 aliphatic heterocycles.